The maximum absolute atomic E-state index is 11.3. The van der Waals surface area contributed by atoms with Gasteiger partial charge in [-0.15, -0.1) is 0 Å². The lowest BCUT2D eigenvalue weighted by molar-refractivity contribution is -0.144. The highest BCUT2D eigenvalue weighted by molar-refractivity contribution is 5.82. The van der Waals surface area contributed by atoms with E-state index in [1.165, 1.54) is 35.6 Å². The number of esters is 1. The van der Waals surface area contributed by atoms with E-state index in [1.54, 1.807) is 0 Å². The van der Waals surface area contributed by atoms with Crippen molar-refractivity contribution in [2.24, 2.45) is 5.92 Å². The van der Waals surface area contributed by atoms with Crippen molar-refractivity contribution in [1.29, 1.82) is 0 Å². The summed E-state index contributed by atoms with van der Waals surface area (Å²) in [5.41, 5.74) is 4.41. The smallest absolute Gasteiger partial charge is 0.330 e. The Hall–Kier alpha value is -1.57. The molecule has 2 nitrogen and oxygen atoms in total. The molecule has 0 N–H and O–H groups in total. The van der Waals surface area contributed by atoms with E-state index in [4.69, 9.17) is 4.74 Å². The standard InChI is InChI=1S/C19H24O2/c1-13-6-10-18-15(12-13)8-7-14(2)17(18)11-9-16-4-3-5-19(20)21-16/h3,5-6,10,12,14,16-17H,4,7-9,11H2,1-2H3/t14-,16-,17-/m0/s1. The maximum Gasteiger partial charge on any atom is 0.330 e. The van der Waals surface area contributed by atoms with Gasteiger partial charge < -0.3 is 4.74 Å². The summed E-state index contributed by atoms with van der Waals surface area (Å²) < 4.78 is 5.39. The van der Waals surface area contributed by atoms with Gasteiger partial charge >= 0.3 is 5.97 Å². The fraction of sp³-hybridized carbons (Fsp3) is 0.526. The van der Waals surface area contributed by atoms with Crippen LogP contribution in [0.1, 0.15) is 55.2 Å². The van der Waals surface area contributed by atoms with Crippen molar-refractivity contribution in [2.75, 3.05) is 0 Å². The molecule has 0 bridgehead atoms. The van der Waals surface area contributed by atoms with Gasteiger partial charge in [0.15, 0.2) is 0 Å². The van der Waals surface area contributed by atoms with Gasteiger partial charge in [-0.25, -0.2) is 4.79 Å². The molecule has 1 aliphatic heterocycles. The summed E-state index contributed by atoms with van der Waals surface area (Å²) in [6.45, 7) is 4.53. The van der Waals surface area contributed by atoms with Gasteiger partial charge in [-0.1, -0.05) is 36.8 Å². The van der Waals surface area contributed by atoms with Gasteiger partial charge in [-0.2, -0.15) is 0 Å². The minimum absolute atomic E-state index is 0.0746. The molecule has 0 unspecified atom stereocenters. The zero-order valence-corrected chi connectivity index (χ0v) is 13.0. The third-order valence-corrected chi connectivity index (χ3v) is 4.99. The summed E-state index contributed by atoms with van der Waals surface area (Å²) >= 11 is 0. The highest BCUT2D eigenvalue weighted by atomic mass is 16.5. The molecule has 3 rings (SSSR count). The monoisotopic (exact) mass is 284 g/mol. The number of benzene rings is 1. The molecule has 0 spiro atoms. The number of hydrogen-bond acceptors (Lipinski definition) is 2. The van der Waals surface area contributed by atoms with Gasteiger partial charge in [0.05, 0.1) is 0 Å². The first-order chi connectivity index (χ1) is 10.1. The molecule has 1 heterocycles. The van der Waals surface area contributed by atoms with Crippen molar-refractivity contribution in [3.63, 3.8) is 0 Å². The third kappa shape index (κ3) is 3.20. The number of hydrogen-bond donors (Lipinski definition) is 0. The van der Waals surface area contributed by atoms with E-state index in [-0.39, 0.29) is 12.1 Å². The van der Waals surface area contributed by atoms with E-state index >= 15 is 0 Å². The number of carbonyl (C=O) groups excluding carboxylic acids is 1. The van der Waals surface area contributed by atoms with Gasteiger partial charge in [0, 0.05) is 12.5 Å². The molecule has 112 valence electrons. The van der Waals surface area contributed by atoms with Crippen molar-refractivity contribution in [3.05, 3.63) is 47.0 Å². The molecule has 0 amide bonds. The summed E-state index contributed by atoms with van der Waals surface area (Å²) in [5.74, 6) is 1.15. The zero-order chi connectivity index (χ0) is 14.8. The molecule has 0 fully saturated rings. The second-order valence-corrected chi connectivity index (χ2v) is 6.60. The Morgan fingerprint density at radius 3 is 2.95 bits per heavy atom. The van der Waals surface area contributed by atoms with Crippen LogP contribution in [0.2, 0.25) is 0 Å². The second kappa shape index (κ2) is 6.05. The number of fused-ring (bicyclic) bond motifs is 1. The predicted octanol–water partition coefficient (Wildman–Crippen LogP) is 4.31. The Kier molecular flexibility index (Phi) is 4.14. The van der Waals surface area contributed by atoms with E-state index in [2.05, 4.69) is 32.0 Å². The van der Waals surface area contributed by atoms with Crippen LogP contribution in [0, 0.1) is 12.8 Å². The van der Waals surface area contributed by atoms with Gasteiger partial charge in [0.2, 0.25) is 0 Å². The molecular formula is C19H24O2. The van der Waals surface area contributed by atoms with E-state index in [0.717, 1.165) is 25.2 Å². The SMILES string of the molecule is Cc1ccc2c(c1)CC[C@H](C)[C@@H]2CC[C@@H]1CC=CC(=O)O1. The van der Waals surface area contributed by atoms with Gasteiger partial charge in [-0.05, 0) is 55.6 Å². The number of carbonyl (C=O) groups is 1. The average Bonchev–Trinajstić information content (AvgIpc) is 2.46. The number of ether oxygens (including phenoxy) is 1. The molecule has 3 atom stereocenters. The van der Waals surface area contributed by atoms with Gasteiger partial charge in [0.1, 0.15) is 6.10 Å². The van der Waals surface area contributed by atoms with Gasteiger partial charge in [0.25, 0.3) is 0 Å². The molecular weight excluding hydrogens is 260 g/mol. The third-order valence-electron chi connectivity index (χ3n) is 4.99. The Morgan fingerprint density at radius 2 is 2.14 bits per heavy atom. The Bertz CT molecular complexity index is 559. The zero-order valence-electron chi connectivity index (χ0n) is 13.0. The molecule has 0 aromatic heterocycles. The van der Waals surface area contributed by atoms with Crippen LogP contribution in [0.3, 0.4) is 0 Å². The van der Waals surface area contributed by atoms with Crippen molar-refractivity contribution in [1.82, 2.24) is 0 Å². The van der Waals surface area contributed by atoms with Crippen LogP contribution in [0.5, 0.6) is 0 Å². The fourth-order valence-electron chi connectivity index (χ4n) is 3.75. The molecule has 2 aliphatic rings. The number of cyclic esters (lactones) is 1. The lowest BCUT2D eigenvalue weighted by atomic mass is 9.73. The quantitative estimate of drug-likeness (QED) is 0.773. The van der Waals surface area contributed by atoms with Crippen LogP contribution in [0.4, 0.5) is 0 Å². The highest BCUT2D eigenvalue weighted by Gasteiger charge is 2.27. The van der Waals surface area contributed by atoms with Crippen LogP contribution >= 0.6 is 0 Å². The van der Waals surface area contributed by atoms with Crippen LogP contribution < -0.4 is 0 Å². The van der Waals surface area contributed by atoms with Gasteiger partial charge in [-0.3, -0.25) is 0 Å². The molecule has 1 aromatic carbocycles. The predicted molar refractivity (Wildman–Crippen MR) is 84.3 cm³/mol. The number of aryl methyl sites for hydroxylation is 2. The largest absolute Gasteiger partial charge is 0.459 e. The summed E-state index contributed by atoms with van der Waals surface area (Å²) in [7, 11) is 0. The first-order valence-electron chi connectivity index (χ1n) is 8.10. The minimum atomic E-state index is -0.182. The normalized spacial score (nSPS) is 28.1. The molecule has 0 saturated carbocycles. The average molecular weight is 284 g/mol. The Morgan fingerprint density at radius 1 is 1.29 bits per heavy atom. The molecule has 1 aliphatic carbocycles. The molecule has 0 saturated heterocycles. The molecule has 2 heteroatoms. The van der Waals surface area contributed by atoms with E-state index < -0.39 is 0 Å². The van der Waals surface area contributed by atoms with Crippen LogP contribution in [-0.4, -0.2) is 12.1 Å². The van der Waals surface area contributed by atoms with E-state index in [1.807, 2.05) is 6.08 Å². The molecule has 21 heavy (non-hydrogen) atoms. The maximum atomic E-state index is 11.3. The summed E-state index contributed by atoms with van der Waals surface area (Å²) in [6, 6.07) is 6.89. The lowest BCUT2D eigenvalue weighted by Gasteiger charge is -2.33. The van der Waals surface area contributed by atoms with Crippen molar-refractivity contribution in [3.8, 4) is 0 Å². The topological polar surface area (TPSA) is 26.3 Å². The van der Waals surface area contributed by atoms with E-state index in [0.29, 0.717) is 5.92 Å². The second-order valence-electron chi connectivity index (χ2n) is 6.60. The minimum Gasteiger partial charge on any atom is -0.459 e. The lowest BCUT2D eigenvalue weighted by Crippen LogP contribution is -2.23. The highest BCUT2D eigenvalue weighted by Crippen LogP contribution is 2.40. The summed E-state index contributed by atoms with van der Waals surface area (Å²) in [6.07, 6.45) is 8.98. The van der Waals surface area contributed by atoms with Crippen LogP contribution in [0.25, 0.3) is 0 Å². The van der Waals surface area contributed by atoms with Crippen LogP contribution in [0.15, 0.2) is 30.4 Å². The van der Waals surface area contributed by atoms with Crippen molar-refractivity contribution < 1.29 is 9.53 Å². The summed E-state index contributed by atoms with van der Waals surface area (Å²) in [4.78, 5) is 11.3. The Balaban J connectivity index is 1.70. The Labute approximate surface area is 127 Å². The van der Waals surface area contributed by atoms with Crippen LogP contribution in [-0.2, 0) is 16.0 Å². The van der Waals surface area contributed by atoms with E-state index in [9.17, 15) is 4.79 Å². The first kappa shape index (κ1) is 14.4. The van der Waals surface area contributed by atoms with Crippen molar-refractivity contribution >= 4 is 5.97 Å². The molecule has 1 aromatic rings. The van der Waals surface area contributed by atoms with Crippen molar-refractivity contribution in [2.45, 2.75) is 58.0 Å². The fourth-order valence-corrected chi connectivity index (χ4v) is 3.75. The summed E-state index contributed by atoms with van der Waals surface area (Å²) in [5, 5.41) is 0. The first-order valence-corrected chi connectivity index (χ1v) is 8.10. The number of rotatable bonds is 3. The molecule has 0 radical (unpaired) electrons.